The van der Waals surface area contributed by atoms with Crippen LogP contribution in [0, 0.1) is 5.92 Å². The molecule has 0 radical (unpaired) electrons. The Balaban J connectivity index is 1.82. The molecule has 16 heavy (non-hydrogen) atoms. The zero-order valence-corrected chi connectivity index (χ0v) is 9.86. The highest BCUT2D eigenvalue weighted by Crippen LogP contribution is 2.26. The first-order chi connectivity index (χ1) is 7.74. The molecule has 2 rings (SSSR count). The zero-order valence-electron chi connectivity index (χ0n) is 9.86. The van der Waals surface area contributed by atoms with E-state index < -0.39 is 0 Å². The molecule has 1 heterocycles. The average Bonchev–Trinajstić information content (AvgIpc) is 2.27. The maximum absolute atomic E-state index is 5.88. The van der Waals surface area contributed by atoms with Crippen LogP contribution in [-0.4, -0.2) is 11.1 Å². The van der Waals surface area contributed by atoms with E-state index in [1.807, 2.05) is 12.1 Å². The molecular formula is C13H20N2O. The molecule has 0 amide bonds. The van der Waals surface area contributed by atoms with E-state index in [1.54, 1.807) is 6.07 Å². The highest BCUT2D eigenvalue weighted by molar-refractivity contribution is 5.28. The van der Waals surface area contributed by atoms with Gasteiger partial charge in [0.25, 0.3) is 0 Å². The van der Waals surface area contributed by atoms with Crippen LogP contribution in [-0.2, 0) is 11.3 Å². The Hall–Kier alpha value is -1.09. The summed E-state index contributed by atoms with van der Waals surface area (Å²) in [6.45, 7) is 2.89. The van der Waals surface area contributed by atoms with Crippen molar-refractivity contribution in [3.63, 3.8) is 0 Å². The molecule has 88 valence electrons. The smallest absolute Gasteiger partial charge is 0.123 e. The molecule has 1 aromatic heterocycles. The van der Waals surface area contributed by atoms with Crippen LogP contribution < -0.4 is 5.73 Å². The van der Waals surface area contributed by atoms with E-state index in [1.165, 1.54) is 25.7 Å². The number of nitrogens with zero attached hydrogens (tertiary/aromatic N) is 1. The fourth-order valence-corrected chi connectivity index (χ4v) is 2.31. The monoisotopic (exact) mass is 220 g/mol. The first-order valence-corrected chi connectivity index (χ1v) is 6.07. The van der Waals surface area contributed by atoms with Crippen LogP contribution in [0.4, 0.5) is 5.82 Å². The molecule has 1 aliphatic rings. The van der Waals surface area contributed by atoms with Crippen molar-refractivity contribution in [1.29, 1.82) is 0 Å². The number of rotatable bonds is 3. The Morgan fingerprint density at radius 3 is 3.06 bits per heavy atom. The number of ether oxygens (including phenoxy) is 1. The van der Waals surface area contributed by atoms with Crippen molar-refractivity contribution < 1.29 is 4.74 Å². The lowest BCUT2D eigenvalue weighted by molar-refractivity contribution is 0.00326. The molecule has 1 aromatic rings. The summed E-state index contributed by atoms with van der Waals surface area (Å²) < 4.78 is 5.88. The molecule has 3 nitrogen and oxygen atoms in total. The highest BCUT2D eigenvalue weighted by Gasteiger charge is 2.19. The van der Waals surface area contributed by atoms with Crippen molar-refractivity contribution in [2.45, 2.75) is 45.3 Å². The quantitative estimate of drug-likeness (QED) is 0.852. The second kappa shape index (κ2) is 5.30. The van der Waals surface area contributed by atoms with Crippen LogP contribution in [0.3, 0.4) is 0 Å². The van der Waals surface area contributed by atoms with Gasteiger partial charge in [0.1, 0.15) is 5.82 Å². The molecule has 1 fully saturated rings. The number of pyridine rings is 1. The van der Waals surface area contributed by atoms with Gasteiger partial charge in [-0.25, -0.2) is 4.98 Å². The Labute approximate surface area is 97.0 Å². The Bertz CT molecular complexity index is 340. The lowest BCUT2D eigenvalue weighted by Crippen LogP contribution is -2.21. The van der Waals surface area contributed by atoms with Gasteiger partial charge in [0, 0.05) is 0 Å². The summed E-state index contributed by atoms with van der Waals surface area (Å²) in [5, 5.41) is 0. The van der Waals surface area contributed by atoms with Crippen LogP contribution >= 0.6 is 0 Å². The van der Waals surface area contributed by atoms with Crippen LogP contribution in [0.1, 0.15) is 38.3 Å². The lowest BCUT2D eigenvalue weighted by atomic mass is 9.89. The summed E-state index contributed by atoms with van der Waals surface area (Å²) in [7, 11) is 0. The van der Waals surface area contributed by atoms with Crippen LogP contribution in [0.15, 0.2) is 18.2 Å². The maximum atomic E-state index is 5.88. The number of hydrogen-bond donors (Lipinski definition) is 1. The molecule has 0 bridgehead atoms. The van der Waals surface area contributed by atoms with Gasteiger partial charge in [-0.1, -0.05) is 25.8 Å². The molecule has 0 spiro atoms. The molecular weight excluding hydrogens is 200 g/mol. The number of aromatic nitrogens is 1. The van der Waals surface area contributed by atoms with Gasteiger partial charge in [0.15, 0.2) is 0 Å². The third-order valence-corrected chi connectivity index (χ3v) is 3.18. The van der Waals surface area contributed by atoms with Gasteiger partial charge in [0.2, 0.25) is 0 Å². The first-order valence-electron chi connectivity index (χ1n) is 6.07. The summed E-state index contributed by atoms with van der Waals surface area (Å²) >= 11 is 0. The van der Waals surface area contributed by atoms with Gasteiger partial charge in [-0.05, 0) is 30.9 Å². The van der Waals surface area contributed by atoms with E-state index in [-0.39, 0.29) is 0 Å². The molecule has 2 atom stereocenters. The van der Waals surface area contributed by atoms with Crippen molar-refractivity contribution >= 4 is 5.82 Å². The minimum Gasteiger partial charge on any atom is -0.384 e. The van der Waals surface area contributed by atoms with E-state index in [4.69, 9.17) is 10.5 Å². The van der Waals surface area contributed by atoms with Gasteiger partial charge in [-0.15, -0.1) is 0 Å². The van der Waals surface area contributed by atoms with Crippen molar-refractivity contribution in [3.05, 3.63) is 23.9 Å². The third kappa shape index (κ3) is 3.20. The average molecular weight is 220 g/mol. The Morgan fingerprint density at radius 1 is 1.44 bits per heavy atom. The number of nitrogen functional groups attached to an aromatic ring is 1. The molecule has 1 aliphatic carbocycles. The van der Waals surface area contributed by atoms with Crippen molar-refractivity contribution in [2.24, 2.45) is 5.92 Å². The molecule has 1 saturated carbocycles. The molecule has 2 unspecified atom stereocenters. The minimum absolute atomic E-state index is 0.409. The predicted octanol–water partition coefficient (Wildman–Crippen LogP) is 2.76. The molecule has 0 aromatic carbocycles. The van der Waals surface area contributed by atoms with Crippen molar-refractivity contribution in [3.8, 4) is 0 Å². The fraction of sp³-hybridized carbons (Fsp3) is 0.615. The summed E-state index contributed by atoms with van der Waals surface area (Å²) in [5.41, 5.74) is 6.55. The first kappa shape index (κ1) is 11.4. The van der Waals surface area contributed by atoms with E-state index >= 15 is 0 Å². The predicted molar refractivity (Wildman–Crippen MR) is 64.9 cm³/mol. The van der Waals surface area contributed by atoms with Crippen LogP contribution in [0.5, 0.6) is 0 Å². The zero-order chi connectivity index (χ0) is 11.4. The van der Waals surface area contributed by atoms with Gasteiger partial charge in [-0.3, -0.25) is 0 Å². The Kier molecular flexibility index (Phi) is 3.78. The van der Waals surface area contributed by atoms with Crippen molar-refractivity contribution in [2.75, 3.05) is 5.73 Å². The number of nitrogens with two attached hydrogens (primary N) is 1. The summed E-state index contributed by atoms with van der Waals surface area (Å²) in [4.78, 5) is 4.23. The van der Waals surface area contributed by atoms with Crippen LogP contribution in [0.2, 0.25) is 0 Å². The second-order valence-electron chi connectivity index (χ2n) is 4.76. The fourth-order valence-electron chi connectivity index (χ4n) is 2.31. The number of hydrogen-bond acceptors (Lipinski definition) is 3. The van der Waals surface area contributed by atoms with E-state index in [0.29, 0.717) is 18.5 Å². The third-order valence-electron chi connectivity index (χ3n) is 3.18. The highest BCUT2D eigenvalue weighted by atomic mass is 16.5. The van der Waals surface area contributed by atoms with Gasteiger partial charge >= 0.3 is 0 Å². The summed E-state index contributed by atoms with van der Waals surface area (Å²) in [5.74, 6) is 1.37. The largest absolute Gasteiger partial charge is 0.384 e. The molecule has 0 saturated heterocycles. The van der Waals surface area contributed by atoms with Crippen LogP contribution in [0.25, 0.3) is 0 Å². The number of anilines is 1. The van der Waals surface area contributed by atoms with Gasteiger partial charge in [-0.2, -0.15) is 0 Å². The maximum Gasteiger partial charge on any atom is 0.123 e. The van der Waals surface area contributed by atoms with Gasteiger partial charge < -0.3 is 10.5 Å². The van der Waals surface area contributed by atoms with E-state index in [2.05, 4.69) is 11.9 Å². The SMILES string of the molecule is CC1CCCC(OCc2cccc(N)n2)C1. The second-order valence-corrected chi connectivity index (χ2v) is 4.76. The minimum atomic E-state index is 0.409. The summed E-state index contributed by atoms with van der Waals surface area (Å²) in [6.07, 6.45) is 5.41. The Morgan fingerprint density at radius 2 is 2.31 bits per heavy atom. The standard InChI is InChI=1S/C13H20N2O/c1-10-4-2-6-12(8-10)16-9-11-5-3-7-13(14)15-11/h3,5,7,10,12H,2,4,6,8-9H2,1H3,(H2,14,15). The molecule has 2 N–H and O–H groups in total. The summed E-state index contributed by atoms with van der Waals surface area (Å²) in [6, 6.07) is 5.68. The van der Waals surface area contributed by atoms with Crippen molar-refractivity contribution in [1.82, 2.24) is 4.98 Å². The van der Waals surface area contributed by atoms with E-state index in [9.17, 15) is 0 Å². The van der Waals surface area contributed by atoms with Gasteiger partial charge in [0.05, 0.1) is 18.4 Å². The molecule has 3 heteroatoms. The lowest BCUT2D eigenvalue weighted by Gasteiger charge is -2.26. The van der Waals surface area contributed by atoms with E-state index in [0.717, 1.165) is 11.6 Å². The molecule has 0 aliphatic heterocycles. The topological polar surface area (TPSA) is 48.1 Å². The normalized spacial score (nSPS) is 25.6.